The van der Waals surface area contributed by atoms with Crippen LogP contribution in [0.5, 0.6) is 0 Å². The van der Waals surface area contributed by atoms with Crippen LogP contribution in [0, 0.1) is 0 Å². The fourth-order valence-corrected chi connectivity index (χ4v) is 2.35. The smallest absolute Gasteiger partial charge is 0.241 e. The molecule has 100 valence electrons. The number of sulfonamides is 1. The summed E-state index contributed by atoms with van der Waals surface area (Å²) < 4.78 is 22.7. The zero-order valence-electron chi connectivity index (χ0n) is 9.68. The minimum absolute atomic E-state index is 0.0350. The van der Waals surface area contributed by atoms with Crippen molar-refractivity contribution in [2.75, 3.05) is 5.32 Å². The highest BCUT2D eigenvalue weighted by Crippen LogP contribution is 2.25. The highest BCUT2D eigenvalue weighted by Gasteiger charge is 2.14. The van der Waals surface area contributed by atoms with Crippen molar-refractivity contribution in [3.05, 3.63) is 22.7 Å². The second-order valence-electron chi connectivity index (χ2n) is 3.69. The second-order valence-corrected chi connectivity index (χ2v) is 6.11. The topological polar surface area (TPSA) is 115 Å². The van der Waals surface area contributed by atoms with Crippen LogP contribution >= 0.6 is 15.9 Å². The SMILES string of the molecule is CC[C@@H](N)C(=O)Nc1ccc(S(N)(=O)=O)cc1Br. The second kappa shape index (κ2) is 5.79. The Morgan fingerprint density at radius 3 is 2.56 bits per heavy atom. The Labute approximate surface area is 114 Å². The molecular formula is C10H14BrN3O3S. The summed E-state index contributed by atoms with van der Waals surface area (Å²) in [6, 6.07) is 3.48. The molecule has 5 N–H and O–H groups in total. The monoisotopic (exact) mass is 335 g/mol. The van der Waals surface area contributed by atoms with Crippen LogP contribution in [0.2, 0.25) is 0 Å². The Kier molecular flexibility index (Phi) is 4.85. The van der Waals surface area contributed by atoms with E-state index in [0.29, 0.717) is 16.6 Å². The highest BCUT2D eigenvalue weighted by molar-refractivity contribution is 9.10. The van der Waals surface area contributed by atoms with Crippen LogP contribution in [0.25, 0.3) is 0 Å². The first-order chi connectivity index (χ1) is 8.25. The van der Waals surface area contributed by atoms with Crippen LogP contribution in [-0.4, -0.2) is 20.4 Å². The van der Waals surface area contributed by atoms with Crippen molar-refractivity contribution < 1.29 is 13.2 Å². The third-order valence-electron chi connectivity index (χ3n) is 2.30. The molecule has 0 aliphatic rings. The molecule has 0 bridgehead atoms. The average Bonchev–Trinajstić information content (AvgIpc) is 2.29. The first-order valence-electron chi connectivity index (χ1n) is 5.14. The summed E-state index contributed by atoms with van der Waals surface area (Å²) in [5.74, 6) is -0.332. The van der Waals surface area contributed by atoms with Crippen LogP contribution in [0.1, 0.15) is 13.3 Å². The van der Waals surface area contributed by atoms with E-state index in [1.54, 1.807) is 6.92 Å². The molecule has 0 heterocycles. The van der Waals surface area contributed by atoms with E-state index < -0.39 is 16.1 Å². The van der Waals surface area contributed by atoms with E-state index in [4.69, 9.17) is 10.9 Å². The maximum atomic E-state index is 11.6. The number of hydrogen-bond donors (Lipinski definition) is 3. The lowest BCUT2D eigenvalue weighted by Crippen LogP contribution is -2.34. The van der Waals surface area contributed by atoms with Gasteiger partial charge in [-0.3, -0.25) is 4.79 Å². The number of anilines is 1. The van der Waals surface area contributed by atoms with Gasteiger partial charge in [-0.25, -0.2) is 13.6 Å². The van der Waals surface area contributed by atoms with E-state index in [0.717, 1.165) is 0 Å². The summed E-state index contributed by atoms with van der Waals surface area (Å²) in [6.07, 6.45) is 0.513. The maximum Gasteiger partial charge on any atom is 0.241 e. The molecule has 1 aromatic carbocycles. The Balaban J connectivity index is 2.97. The molecule has 0 aromatic heterocycles. The highest BCUT2D eigenvalue weighted by atomic mass is 79.9. The minimum atomic E-state index is -3.76. The van der Waals surface area contributed by atoms with Crippen LogP contribution in [-0.2, 0) is 14.8 Å². The molecule has 8 heteroatoms. The van der Waals surface area contributed by atoms with Crippen LogP contribution in [0.3, 0.4) is 0 Å². The molecule has 6 nitrogen and oxygen atoms in total. The van der Waals surface area contributed by atoms with Crippen LogP contribution in [0.15, 0.2) is 27.6 Å². The number of carbonyl (C=O) groups is 1. The van der Waals surface area contributed by atoms with Crippen molar-refractivity contribution in [3.63, 3.8) is 0 Å². The zero-order chi connectivity index (χ0) is 13.9. The van der Waals surface area contributed by atoms with Crippen molar-refractivity contribution >= 4 is 37.5 Å². The number of primary sulfonamides is 1. The Hall–Kier alpha value is -0.960. The fraction of sp³-hybridized carbons (Fsp3) is 0.300. The van der Waals surface area contributed by atoms with E-state index in [1.807, 2.05) is 0 Å². The predicted octanol–water partition coefficient (Wildman–Crippen LogP) is 0.772. The number of benzene rings is 1. The van der Waals surface area contributed by atoms with Crippen molar-refractivity contribution in [2.24, 2.45) is 10.9 Å². The van der Waals surface area contributed by atoms with Crippen LogP contribution < -0.4 is 16.2 Å². The van der Waals surface area contributed by atoms with Gasteiger partial charge in [-0.2, -0.15) is 0 Å². The Morgan fingerprint density at radius 2 is 2.11 bits per heavy atom. The predicted molar refractivity (Wildman–Crippen MR) is 72.4 cm³/mol. The van der Waals surface area contributed by atoms with Gasteiger partial charge >= 0.3 is 0 Å². The number of rotatable bonds is 4. The largest absolute Gasteiger partial charge is 0.324 e. The lowest BCUT2D eigenvalue weighted by atomic mass is 10.2. The van der Waals surface area contributed by atoms with Gasteiger partial charge in [0.05, 0.1) is 16.6 Å². The summed E-state index contributed by atoms with van der Waals surface area (Å²) >= 11 is 3.16. The van der Waals surface area contributed by atoms with Gasteiger partial charge in [0.15, 0.2) is 0 Å². The van der Waals surface area contributed by atoms with Gasteiger partial charge in [0.1, 0.15) is 0 Å². The van der Waals surface area contributed by atoms with Gasteiger partial charge in [0.25, 0.3) is 0 Å². The van der Waals surface area contributed by atoms with E-state index >= 15 is 0 Å². The van der Waals surface area contributed by atoms with E-state index in [9.17, 15) is 13.2 Å². The zero-order valence-corrected chi connectivity index (χ0v) is 12.1. The van der Waals surface area contributed by atoms with Crippen LogP contribution in [0.4, 0.5) is 5.69 Å². The molecule has 18 heavy (non-hydrogen) atoms. The average molecular weight is 336 g/mol. The van der Waals surface area contributed by atoms with E-state index in [2.05, 4.69) is 21.2 Å². The molecule has 0 aliphatic carbocycles. The molecule has 0 fully saturated rings. The summed E-state index contributed by atoms with van der Waals surface area (Å²) in [5.41, 5.74) is 6.01. The van der Waals surface area contributed by atoms with Crippen molar-refractivity contribution in [3.8, 4) is 0 Å². The summed E-state index contributed by atoms with van der Waals surface area (Å²) in [4.78, 5) is 11.5. The first kappa shape index (κ1) is 15.1. The number of nitrogens with one attached hydrogen (secondary N) is 1. The summed E-state index contributed by atoms with van der Waals surface area (Å²) in [6.45, 7) is 1.80. The first-order valence-corrected chi connectivity index (χ1v) is 7.48. The quantitative estimate of drug-likeness (QED) is 0.753. The molecule has 1 atom stereocenters. The number of halogens is 1. The molecule has 0 aliphatic heterocycles. The number of hydrogen-bond acceptors (Lipinski definition) is 4. The summed E-state index contributed by atoms with van der Waals surface area (Å²) in [5, 5.41) is 7.58. The molecule has 1 rings (SSSR count). The van der Waals surface area contributed by atoms with E-state index in [1.165, 1.54) is 18.2 Å². The molecule has 1 aromatic rings. The number of nitrogens with two attached hydrogens (primary N) is 2. The maximum absolute atomic E-state index is 11.6. The lowest BCUT2D eigenvalue weighted by Gasteiger charge is -2.12. The molecule has 0 saturated carbocycles. The van der Waals surface area contributed by atoms with Gasteiger partial charge in [-0.05, 0) is 40.5 Å². The Bertz CT molecular complexity index is 559. The molecule has 0 saturated heterocycles. The Morgan fingerprint density at radius 1 is 1.50 bits per heavy atom. The number of carbonyl (C=O) groups excluding carboxylic acids is 1. The molecular weight excluding hydrogens is 322 g/mol. The van der Waals surface area contributed by atoms with Gasteiger partial charge in [0, 0.05) is 4.47 Å². The van der Waals surface area contributed by atoms with Gasteiger partial charge in [0.2, 0.25) is 15.9 Å². The van der Waals surface area contributed by atoms with Crippen molar-refractivity contribution in [1.82, 2.24) is 0 Å². The lowest BCUT2D eigenvalue weighted by molar-refractivity contribution is -0.117. The normalized spacial score (nSPS) is 13.1. The standard InChI is InChI=1S/C10H14BrN3O3S/c1-2-8(12)10(15)14-9-4-3-6(5-7(9)11)18(13,16)17/h3-5,8H,2,12H2,1H3,(H,14,15)(H2,13,16,17)/t8-/m1/s1. The van der Waals surface area contributed by atoms with Gasteiger partial charge in [-0.15, -0.1) is 0 Å². The molecule has 1 amide bonds. The van der Waals surface area contributed by atoms with Crippen molar-refractivity contribution in [1.29, 1.82) is 0 Å². The minimum Gasteiger partial charge on any atom is -0.324 e. The number of amides is 1. The van der Waals surface area contributed by atoms with E-state index in [-0.39, 0.29) is 10.8 Å². The molecule has 0 radical (unpaired) electrons. The fourth-order valence-electron chi connectivity index (χ4n) is 1.19. The summed E-state index contributed by atoms with van der Waals surface area (Å²) in [7, 11) is -3.76. The van der Waals surface area contributed by atoms with Gasteiger partial charge in [-0.1, -0.05) is 6.92 Å². The molecule has 0 unspecified atom stereocenters. The molecule has 0 spiro atoms. The van der Waals surface area contributed by atoms with Gasteiger partial charge < -0.3 is 11.1 Å². The van der Waals surface area contributed by atoms with Crippen molar-refractivity contribution in [2.45, 2.75) is 24.3 Å². The third kappa shape index (κ3) is 3.77. The third-order valence-corrected chi connectivity index (χ3v) is 3.87.